The highest BCUT2D eigenvalue weighted by Gasteiger charge is 2.31. The maximum Gasteiger partial charge on any atom is 0.255 e. The molecule has 40 heavy (non-hydrogen) atoms. The molecule has 10 nitrogen and oxygen atoms in total. The van der Waals surface area contributed by atoms with E-state index in [0.717, 1.165) is 5.56 Å². The molecule has 5 N–H and O–H groups in total. The van der Waals surface area contributed by atoms with Crippen molar-refractivity contribution >= 4 is 40.4 Å². The van der Waals surface area contributed by atoms with Crippen LogP contribution in [0.4, 0.5) is 0 Å². The molecule has 1 aliphatic rings. The summed E-state index contributed by atoms with van der Waals surface area (Å²) in [5, 5.41) is 34.2. The van der Waals surface area contributed by atoms with Crippen LogP contribution in [-0.4, -0.2) is 64.8 Å². The van der Waals surface area contributed by atoms with Gasteiger partial charge in [-0.25, -0.2) is 0 Å². The molecule has 1 heterocycles. The van der Waals surface area contributed by atoms with E-state index in [-0.39, 0.29) is 72.1 Å². The van der Waals surface area contributed by atoms with Gasteiger partial charge in [0.2, 0.25) is 5.91 Å². The highest BCUT2D eigenvalue weighted by molar-refractivity contribution is 8.93. The molecule has 0 saturated carbocycles. The van der Waals surface area contributed by atoms with E-state index in [1.165, 1.54) is 6.92 Å². The summed E-state index contributed by atoms with van der Waals surface area (Å²) >= 11 is 0. The number of benzene rings is 2. The fourth-order valence-corrected chi connectivity index (χ4v) is 4.65. The molecule has 0 aromatic heterocycles. The van der Waals surface area contributed by atoms with Crippen LogP contribution in [0.15, 0.2) is 24.3 Å². The van der Waals surface area contributed by atoms with Gasteiger partial charge in [-0.2, -0.15) is 0 Å². The smallest absolute Gasteiger partial charge is 0.255 e. The average molecular weight is 620 g/mol. The zero-order chi connectivity index (χ0) is 29.1. The van der Waals surface area contributed by atoms with Crippen molar-refractivity contribution in [3.63, 3.8) is 0 Å². The normalized spacial score (nSPS) is 13.3. The van der Waals surface area contributed by atoms with Gasteiger partial charge in [0.05, 0.1) is 31.4 Å². The molecule has 0 saturated heterocycles. The average Bonchev–Trinajstić information content (AvgIpc) is 3.14. The highest BCUT2D eigenvalue weighted by atomic mass is 79.9. The Morgan fingerprint density at radius 2 is 1.85 bits per heavy atom. The maximum atomic E-state index is 13.5. The zero-order valence-electron chi connectivity index (χ0n) is 23.8. The Kier molecular flexibility index (Phi) is 10.9. The van der Waals surface area contributed by atoms with Crippen molar-refractivity contribution in [2.75, 3.05) is 26.3 Å². The third-order valence-corrected chi connectivity index (χ3v) is 6.57. The molecule has 2 aromatic carbocycles. The van der Waals surface area contributed by atoms with Crippen LogP contribution in [0.2, 0.25) is 0 Å². The van der Waals surface area contributed by atoms with Crippen LogP contribution < -0.4 is 15.4 Å². The maximum absolute atomic E-state index is 13.5. The molecule has 0 aliphatic carbocycles. The predicted octanol–water partition coefficient (Wildman–Crippen LogP) is 3.61. The molecule has 218 valence electrons. The van der Waals surface area contributed by atoms with Crippen LogP contribution in [-0.2, 0) is 16.8 Å². The van der Waals surface area contributed by atoms with Crippen LogP contribution in [0.25, 0.3) is 0 Å². The number of fused-ring (bicyclic) bond motifs is 1. The van der Waals surface area contributed by atoms with E-state index in [4.69, 9.17) is 15.3 Å². The molecule has 2 aromatic rings. The first-order valence-electron chi connectivity index (χ1n) is 13.0. The van der Waals surface area contributed by atoms with Crippen molar-refractivity contribution in [3.8, 4) is 11.5 Å². The van der Waals surface area contributed by atoms with Gasteiger partial charge in [-0.3, -0.25) is 19.8 Å². The number of carbonyl (C=O) groups excluding carboxylic acids is 3. The SMILES string of the molecule is Br.CCOc1cc2c(cc1C(=O)NCCO)C(=N)N(CC(=O)c1cc(C(C)NC(C)=O)c(O)c(C(C)(C)C)c1)C2. The number of aliphatic hydroxyl groups is 1. The number of phenolic OH excluding ortho intramolecular Hbond substituents is 1. The molecule has 0 fully saturated rings. The van der Waals surface area contributed by atoms with Crippen molar-refractivity contribution in [2.45, 2.75) is 59.5 Å². The minimum Gasteiger partial charge on any atom is -0.507 e. The van der Waals surface area contributed by atoms with Gasteiger partial charge in [0.1, 0.15) is 17.3 Å². The molecule has 1 aliphatic heterocycles. The third kappa shape index (κ3) is 7.19. The van der Waals surface area contributed by atoms with Crippen LogP contribution in [0.1, 0.15) is 90.6 Å². The number of aromatic hydroxyl groups is 1. The van der Waals surface area contributed by atoms with Gasteiger partial charge >= 0.3 is 0 Å². The van der Waals surface area contributed by atoms with Gasteiger partial charge in [-0.05, 0) is 49.1 Å². The second kappa shape index (κ2) is 13.3. The van der Waals surface area contributed by atoms with Crippen LogP contribution in [0, 0.1) is 5.41 Å². The van der Waals surface area contributed by atoms with Gasteiger partial charge < -0.3 is 30.5 Å². The number of nitrogens with zero attached hydrogens (tertiary/aromatic N) is 1. The predicted molar refractivity (Wildman–Crippen MR) is 158 cm³/mol. The number of nitrogens with one attached hydrogen (secondary N) is 3. The van der Waals surface area contributed by atoms with Crippen LogP contribution in [0.3, 0.4) is 0 Å². The standard InChI is InChI=1S/C29H38N4O6.BrH/c1-7-39-25-12-19-14-33(27(30)21(19)13-22(25)28(38)31-8-9-34)15-24(36)18-10-20(16(2)32-17(3)35)26(37)23(11-18)29(4,5)6;/h10-13,16,30,34,37H,7-9,14-15H2,1-6H3,(H,31,38)(H,32,35);1H. The number of carbonyl (C=O) groups is 3. The fourth-order valence-electron chi connectivity index (χ4n) is 4.65. The Bertz CT molecular complexity index is 1300. The van der Waals surface area contributed by atoms with Gasteiger partial charge in [0, 0.05) is 42.3 Å². The summed E-state index contributed by atoms with van der Waals surface area (Å²) < 4.78 is 5.67. The highest BCUT2D eigenvalue weighted by Crippen LogP contribution is 2.38. The number of halogens is 1. The van der Waals surface area contributed by atoms with E-state index >= 15 is 0 Å². The number of phenols is 1. The van der Waals surface area contributed by atoms with E-state index in [2.05, 4.69) is 10.6 Å². The van der Waals surface area contributed by atoms with Gasteiger partial charge in [-0.15, -0.1) is 17.0 Å². The van der Waals surface area contributed by atoms with Crippen molar-refractivity contribution in [3.05, 3.63) is 57.6 Å². The van der Waals surface area contributed by atoms with Gasteiger partial charge in [0.25, 0.3) is 5.91 Å². The second-order valence-electron chi connectivity index (χ2n) is 10.7. The summed E-state index contributed by atoms with van der Waals surface area (Å²) in [6.45, 7) is 11.2. The molecule has 3 rings (SSSR count). The summed E-state index contributed by atoms with van der Waals surface area (Å²) in [5.74, 6) is -0.401. The number of hydrogen-bond donors (Lipinski definition) is 5. The lowest BCUT2D eigenvalue weighted by molar-refractivity contribution is -0.119. The minimum absolute atomic E-state index is 0. The first-order chi connectivity index (χ1) is 18.3. The van der Waals surface area contributed by atoms with E-state index in [0.29, 0.717) is 34.6 Å². The number of rotatable bonds is 10. The van der Waals surface area contributed by atoms with Crippen LogP contribution in [0.5, 0.6) is 11.5 Å². The van der Waals surface area contributed by atoms with Crippen molar-refractivity contribution in [1.29, 1.82) is 5.41 Å². The molecular weight excluding hydrogens is 580 g/mol. The Morgan fingerprint density at radius 3 is 2.42 bits per heavy atom. The van der Waals surface area contributed by atoms with E-state index in [9.17, 15) is 19.5 Å². The molecule has 1 unspecified atom stereocenters. The molecular formula is C29H39BrN4O6. The summed E-state index contributed by atoms with van der Waals surface area (Å²) in [5.41, 5.74) is 2.47. The number of aliphatic hydroxyl groups excluding tert-OH is 1. The molecule has 0 radical (unpaired) electrons. The Labute approximate surface area is 245 Å². The second-order valence-corrected chi connectivity index (χ2v) is 10.7. The van der Waals surface area contributed by atoms with E-state index < -0.39 is 17.4 Å². The van der Waals surface area contributed by atoms with Crippen molar-refractivity contribution in [1.82, 2.24) is 15.5 Å². The van der Waals surface area contributed by atoms with Gasteiger partial charge in [0.15, 0.2) is 5.78 Å². The Balaban J connectivity index is 0.00000560. The molecule has 0 spiro atoms. The Hall–Kier alpha value is -3.44. The van der Waals surface area contributed by atoms with E-state index in [1.807, 2.05) is 20.8 Å². The quantitative estimate of drug-likeness (QED) is 0.255. The summed E-state index contributed by atoms with van der Waals surface area (Å²) in [6, 6.07) is 6.06. The number of ketones is 1. The van der Waals surface area contributed by atoms with Crippen molar-refractivity contribution in [2.24, 2.45) is 0 Å². The summed E-state index contributed by atoms with van der Waals surface area (Å²) in [6.07, 6.45) is 0. The zero-order valence-corrected chi connectivity index (χ0v) is 25.5. The lowest BCUT2D eigenvalue weighted by Crippen LogP contribution is -2.31. The van der Waals surface area contributed by atoms with Crippen molar-refractivity contribution < 1.29 is 29.3 Å². The fraction of sp³-hybridized carbons (Fsp3) is 0.448. The number of hydrogen-bond acceptors (Lipinski definition) is 7. The number of ether oxygens (including phenoxy) is 1. The molecule has 11 heteroatoms. The minimum atomic E-state index is -0.516. The first-order valence-corrected chi connectivity index (χ1v) is 13.0. The summed E-state index contributed by atoms with van der Waals surface area (Å²) in [7, 11) is 0. The largest absolute Gasteiger partial charge is 0.507 e. The summed E-state index contributed by atoms with van der Waals surface area (Å²) in [4.78, 5) is 39.5. The van der Waals surface area contributed by atoms with E-state index in [1.54, 1.807) is 43.0 Å². The lowest BCUT2D eigenvalue weighted by Gasteiger charge is -2.26. The first kappa shape index (κ1) is 32.8. The molecule has 0 bridgehead atoms. The van der Waals surface area contributed by atoms with Gasteiger partial charge in [-0.1, -0.05) is 20.8 Å². The molecule has 2 amide bonds. The third-order valence-electron chi connectivity index (χ3n) is 6.57. The topological polar surface area (TPSA) is 152 Å². The number of amidine groups is 1. The monoisotopic (exact) mass is 618 g/mol. The van der Waals surface area contributed by atoms with Crippen LogP contribution >= 0.6 is 17.0 Å². The lowest BCUT2D eigenvalue weighted by atomic mass is 9.82. The Morgan fingerprint density at radius 1 is 1.18 bits per heavy atom. The molecule has 1 atom stereocenters. The number of amides is 2. The number of Topliss-reactive ketones (excluding diaryl/α,β-unsaturated/α-hetero) is 1.